The minimum Gasteiger partial charge on any atom is -0.497 e. The Hall–Kier alpha value is -1.92. The standard InChI is InChI=1S/C18H23N3O2S/c1-11(19)10-16(22)20-14-4-3-5-15-17(14)24-18(21-15)12-6-8-13(23-2)9-7-12/h6-9,11,14H,3-5,10,19H2,1-2H3,(H,20,22). The number of hydrogen-bond donors (Lipinski definition) is 2. The van der Waals surface area contributed by atoms with Crippen LogP contribution in [0.3, 0.4) is 0 Å². The Balaban J connectivity index is 1.80. The van der Waals surface area contributed by atoms with E-state index in [9.17, 15) is 4.79 Å². The predicted octanol–water partition coefficient (Wildman–Crippen LogP) is 3.05. The van der Waals surface area contributed by atoms with Crippen LogP contribution in [0, 0.1) is 0 Å². The van der Waals surface area contributed by atoms with Gasteiger partial charge >= 0.3 is 0 Å². The molecule has 2 unspecified atom stereocenters. The molecule has 3 N–H and O–H groups in total. The lowest BCUT2D eigenvalue weighted by Gasteiger charge is -2.22. The molecule has 1 aliphatic rings. The topological polar surface area (TPSA) is 77.2 Å². The molecular formula is C18H23N3O2S. The van der Waals surface area contributed by atoms with Crippen LogP contribution in [0.5, 0.6) is 5.75 Å². The Morgan fingerprint density at radius 2 is 2.21 bits per heavy atom. The van der Waals surface area contributed by atoms with E-state index in [0.29, 0.717) is 6.42 Å². The third kappa shape index (κ3) is 3.76. The van der Waals surface area contributed by atoms with Crippen LogP contribution in [-0.4, -0.2) is 24.0 Å². The molecule has 0 aliphatic heterocycles. The number of fused-ring (bicyclic) bond motifs is 1. The quantitative estimate of drug-likeness (QED) is 0.873. The lowest BCUT2D eigenvalue weighted by molar-refractivity contribution is -0.122. The van der Waals surface area contributed by atoms with Crippen LogP contribution in [0.25, 0.3) is 10.6 Å². The van der Waals surface area contributed by atoms with Crippen molar-refractivity contribution >= 4 is 17.2 Å². The molecule has 1 aromatic heterocycles. The number of nitrogens with two attached hydrogens (primary N) is 1. The molecule has 128 valence electrons. The number of aromatic nitrogens is 1. The highest BCUT2D eigenvalue weighted by atomic mass is 32.1. The number of benzene rings is 1. The second-order valence-corrected chi connectivity index (χ2v) is 7.28. The highest BCUT2D eigenvalue weighted by Crippen LogP contribution is 2.38. The summed E-state index contributed by atoms with van der Waals surface area (Å²) < 4.78 is 5.20. The molecule has 1 aromatic carbocycles. The van der Waals surface area contributed by atoms with E-state index in [0.717, 1.165) is 41.3 Å². The van der Waals surface area contributed by atoms with Crippen molar-refractivity contribution in [3.8, 4) is 16.3 Å². The molecule has 0 spiro atoms. The van der Waals surface area contributed by atoms with Gasteiger partial charge in [0.05, 0.1) is 23.7 Å². The fourth-order valence-corrected chi connectivity index (χ4v) is 4.16. The number of aryl methyl sites for hydroxylation is 1. The molecule has 0 radical (unpaired) electrons. The molecule has 5 nitrogen and oxygen atoms in total. The summed E-state index contributed by atoms with van der Waals surface area (Å²) in [5.41, 5.74) is 7.91. The first kappa shape index (κ1) is 16.9. The van der Waals surface area contributed by atoms with Crippen LogP contribution in [0.15, 0.2) is 24.3 Å². The summed E-state index contributed by atoms with van der Waals surface area (Å²) in [7, 11) is 1.66. The van der Waals surface area contributed by atoms with Gasteiger partial charge in [-0.2, -0.15) is 0 Å². The van der Waals surface area contributed by atoms with Gasteiger partial charge < -0.3 is 15.8 Å². The first-order chi connectivity index (χ1) is 11.6. The van der Waals surface area contributed by atoms with Crippen LogP contribution in [0.2, 0.25) is 0 Å². The van der Waals surface area contributed by atoms with Gasteiger partial charge in [-0.05, 0) is 50.5 Å². The van der Waals surface area contributed by atoms with Gasteiger partial charge in [0, 0.05) is 18.0 Å². The molecule has 3 rings (SSSR count). The summed E-state index contributed by atoms with van der Waals surface area (Å²) in [5.74, 6) is 0.850. The van der Waals surface area contributed by atoms with Crippen molar-refractivity contribution in [3.05, 3.63) is 34.8 Å². The fraction of sp³-hybridized carbons (Fsp3) is 0.444. The van der Waals surface area contributed by atoms with E-state index in [1.54, 1.807) is 18.4 Å². The van der Waals surface area contributed by atoms with E-state index < -0.39 is 0 Å². The van der Waals surface area contributed by atoms with Gasteiger partial charge in [-0.3, -0.25) is 4.79 Å². The van der Waals surface area contributed by atoms with Crippen LogP contribution >= 0.6 is 11.3 Å². The van der Waals surface area contributed by atoms with E-state index >= 15 is 0 Å². The molecule has 1 amide bonds. The van der Waals surface area contributed by atoms with E-state index in [1.165, 1.54) is 4.88 Å². The number of rotatable bonds is 5. The van der Waals surface area contributed by atoms with Gasteiger partial charge in [0.15, 0.2) is 0 Å². The van der Waals surface area contributed by atoms with Gasteiger partial charge in [-0.15, -0.1) is 11.3 Å². The SMILES string of the molecule is COc1ccc(-c2nc3c(s2)C(NC(=O)CC(C)N)CCC3)cc1. The second-order valence-electron chi connectivity index (χ2n) is 6.25. The van der Waals surface area contributed by atoms with Crippen LogP contribution in [0.4, 0.5) is 0 Å². The van der Waals surface area contributed by atoms with Gasteiger partial charge in [0.2, 0.25) is 5.91 Å². The zero-order valence-electron chi connectivity index (χ0n) is 14.0. The van der Waals surface area contributed by atoms with Crippen molar-refractivity contribution < 1.29 is 9.53 Å². The molecule has 2 atom stereocenters. The van der Waals surface area contributed by atoms with Crippen LogP contribution in [0.1, 0.15) is 42.8 Å². The van der Waals surface area contributed by atoms with Crippen molar-refractivity contribution in [1.82, 2.24) is 10.3 Å². The van der Waals surface area contributed by atoms with Crippen molar-refractivity contribution in [1.29, 1.82) is 0 Å². The Labute approximate surface area is 146 Å². The molecule has 1 aliphatic carbocycles. The van der Waals surface area contributed by atoms with E-state index in [1.807, 2.05) is 31.2 Å². The number of carbonyl (C=O) groups is 1. The Bertz CT molecular complexity index is 710. The molecule has 0 bridgehead atoms. The molecule has 24 heavy (non-hydrogen) atoms. The highest BCUT2D eigenvalue weighted by Gasteiger charge is 2.26. The van der Waals surface area contributed by atoms with Gasteiger partial charge in [0.1, 0.15) is 10.8 Å². The summed E-state index contributed by atoms with van der Waals surface area (Å²) in [6.07, 6.45) is 3.33. The number of nitrogens with one attached hydrogen (secondary N) is 1. The van der Waals surface area contributed by atoms with Gasteiger partial charge in [-0.1, -0.05) is 0 Å². The largest absolute Gasteiger partial charge is 0.497 e. The zero-order valence-corrected chi connectivity index (χ0v) is 14.9. The fourth-order valence-electron chi connectivity index (χ4n) is 2.96. The Kier molecular flexibility index (Phi) is 5.16. The number of amides is 1. The average Bonchev–Trinajstić information content (AvgIpc) is 2.99. The third-order valence-corrected chi connectivity index (χ3v) is 5.39. The van der Waals surface area contributed by atoms with E-state index in [-0.39, 0.29) is 18.0 Å². The van der Waals surface area contributed by atoms with Crippen molar-refractivity contribution in [3.63, 3.8) is 0 Å². The number of hydrogen-bond acceptors (Lipinski definition) is 5. The maximum atomic E-state index is 12.1. The smallest absolute Gasteiger partial charge is 0.222 e. The van der Waals surface area contributed by atoms with Gasteiger partial charge in [-0.25, -0.2) is 4.98 Å². The number of carbonyl (C=O) groups excluding carboxylic acids is 1. The molecule has 2 aromatic rings. The molecule has 0 saturated carbocycles. The van der Waals surface area contributed by atoms with E-state index in [2.05, 4.69) is 5.32 Å². The monoisotopic (exact) mass is 345 g/mol. The highest BCUT2D eigenvalue weighted by molar-refractivity contribution is 7.15. The molecule has 1 heterocycles. The van der Waals surface area contributed by atoms with Crippen molar-refractivity contribution in [2.75, 3.05) is 7.11 Å². The normalized spacial score (nSPS) is 17.9. The summed E-state index contributed by atoms with van der Waals surface area (Å²) in [6.45, 7) is 1.85. The van der Waals surface area contributed by atoms with Crippen molar-refractivity contribution in [2.24, 2.45) is 5.73 Å². The lowest BCUT2D eigenvalue weighted by atomic mass is 9.98. The number of ether oxygens (including phenoxy) is 1. The molecular weight excluding hydrogens is 322 g/mol. The number of thiazole rings is 1. The summed E-state index contributed by atoms with van der Waals surface area (Å²) in [4.78, 5) is 18.0. The summed E-state index contributed by atoms with van der Waals surface area (Å²) >= 11 is 1.67. The predicted molar refractivity (Wildman–Crippen MR) is 96.2 cm³/mol. The minimum atomic E-state index is -0.121. The first-order valence-electron chi connectivity index (χ1n) is 8.25. The van der Waals surface area contributed by atoms with E-state index in [4.69, 9.17) is 15.5 Å². The summed E-state index contributed by atoms with van der Waals surface area (Å²) in [6, 6.07) is 7.86. The van der Waals surface area contributed by atoms with Crippen LogP contribution in [-0.2, 0) is 11.2 Å². The third-order valence-electron chi connectivity index (χ3n) is 4.13. The van der Waals surface area contributed by atoms with Gasteiger partial charge in [0.25, 0.3) is 0 Å². The second kappa shape index (κ2) is 7.32. The Morgan fingerprint density at radius 1 is 1.46 bits per heavy atom. The maximum Gasteiger partial charge on any atom is 0.222 e. The number of methoxy groups -OCH3 is 1. The lowest BCUT2D eigenvalue weighted by Crippen LogP contribution is -2.33. The molecule has 0 fully saturated rings. The Morgan fingerprint density at radius 3 is 2.88 bits per heavy atom. The van der Waals surface area contributed by atoms with Crippen molar-refractivity contribution in [2.45, 2.75) is 44.7 Å². The molecule has 0 saturated heterocycles. The first-order valence-corrected chi connectivity index (χ1v) is 9.07. The summed E-state index contributed by atoms with van der Waals surface area (Å²) in [5, 5.41) is 4.12. The zero-order chi connectivity index (χ0) is 17.1. The molecule has 6 heteroatoms. The minimum absolute atomic E-state index is 0.0160. The van der Waals surface area contributed by atoms with Crippen LogP contribution < -0.4 is 15.8 Å². The average molecular weight is 345 g/mol. The number of nitrogens with zero attached hydrogens (tertiary/aromatic N) is 1. The maximum absolute atomic E-state index is 12.1.